The first kappa shape index (κ1) is 18.2. The second-order valence-electron chi connectivity index (χ2n) is 7.26. The average molecular weight is 380 g/mol. The van der Waals surface area contributed by atoms with Crippen LogP contribution in [0.5, 0.6) is 0 Å². The molecule has 2 amide bonds. The van der Waals surface area contributed by atoms with Crippen LogP contribution in [-0.2, 0) is 16.1 Å². The Hall–Kier alpha value is -3.13. The van der Waals surface area contributed by atoms with Crippen LogP contribution >= 0.6 is 0 Å². The number of carbonyl (C=O) groups is 2. The molecule has 1 aromatic carbocycles. The van der Waals surface area contributed by atoms with Crippen LogP contribution in [0.2, 0.25) is 0 Å². The fourth-order valence-electron chi connectivity index (χ4n) is 3.83. The van der Waals surface area contributed by atoms with E-state index in [2.05, 4.69) is 27.8 Å². The number of piperazine rings is 1. The lowest BCUT2D eigenvalue weighted by molar-refractivity contribution is -0.143. The van der Waals surface area contributed by atoms with Gasteiger partial charge in [-0.2, -0.15) is 0 Å². The van der Waals surface area contributed by atoms with Gasteiger partial charge in [0, 0.05) is 37.1 Å². The second-order valence-corrected chi connectivity index (χ2v) is 7.26. The van der Waals surface area contributed by atoms with E-state index in [1.165, 1.54) is 0 Å². The van der Waals surface area contributed by atoms with Gasteiger partial charge in [-0.25, -0.2) is 4.99 Å². The molecular formula is C20H24N6O2. The van der Waals surface area contributed by atoms with Crippen LogP contribution in [0.15, 0.2) is 59.4 Å². The lowest BCUT2D eigenvalue weighted by Crippen LogP contribution is -2.70. The van der Waals surface area contributed by atoms with Gasteiger partial charge < -0.3 is 15.5 Å². The highest BCUT2D eigenvalue weighted by Gasteiger charge is 2.45. The first-order valence-electron chi connectivity index (χ1n) is 9.40. The normalized spacial score (nSPS) is 26.9. The largest absolute Gasteiger partial charge is 0.370 e. The molecule has 1 aromatic rings. The molecule has 1 fully saturated rings. The Balaban J connectivity index is 1.56. The summed E-state index contributed by atoms with van der Waals surface area (Å²) in [5.41, 5.74) is 7.48. The van der Waals surface area contributed by atoms with E-state index >= 15 is 0 Å². The number of nitrogens with zero attached hydrogens (tertiary/aromatic N) is 3. The number of hydrogen-bond donors (Lipinski definition) is 3. The number of fused-ring (bicyclic) bond motifs is 1. The molecule has 0 aliphatic carbocycles. The van der Waals surface area contributed by atoms with Crippen molar-refractivity contribution >= 4 is 17.8 Å². The van der Waals surface area contributed by atoms with E-state index in [0.717, 1.165) is 5.56 Å². The van der Waals surface area contributed by atoms with E-state index in [1.807, 2.05) is 48.5 Å². The molecule has 8 heteroatoms. The van der Waals surface area contributed by atoms with E-state index in [-0.39, 0.29) is 23.8 Å². The van der Waals surface area contributed by atoms with Crippen molar-refractivity contribution in [1.82, 2.24) is 20.4 Å². The van der Waals surface area contributed by atoms with Crippen molar-refractivity contribution in [3.05, 3.63) is 59.9 Å². The maximum absolute atomic E-state index is 13.4. The summed E-state index contributed by atoms with van der Waals surface area (Å²) >= 11 is 0. The number of nitrogens with one attached hydrogen (secondary N) is 2. The number of rotatable bonds is 3. The average Bonchev–Trinajstić information content (AvgIpc) is 2.69. The minimum atomic E-state index is -0.710. The van der Waals surface area contributed by atoms with Gasteiger partial charge in [0.1, 0.15) is 12.2 Å². The van der Waals surface area contributed by atoms with Gasteiger partial charge in [0.25, 0.3) is 11.8 Å². The Morgan fingerprint density at radius 3 is 2.89 bits per heavy atom. The molecule has 1 saturated heterocycles. The van der Waals surface area contributed by atoms with E-state index < -0.39 is 12.2 Å². The number of aliphatic imine (C=N–C) groups is 1. The molecule has 4 rings (SSSR count). The van der Waals surface area contributed by atoms with Crippen LogP contribution in [0.4, 0.5) is 0 Å². The molecule has 3 heterocycles. The molecule has 0 radical (unpaired) electrons. The minimum Gasteiger partial charge on any atom is -0.370 e. The molecule has 3 unspecified atom stereocenters. The van der Waals surface area contributed by atoms with E-state index in [4.69, 9.17) is 5.73 Å². The summed E-state index contributed by atoms with van der Waals surface area (Å²) in [4.78, 5) is 33.8. The third-order valence-corrected chi connectivity index (χ3v) is 5.17. The van der Waals surface area contributed by atoms with Gasteiger partial charge in [0.2, 0.25) is 0 Å². The van der Waals surface area contributed by atoms with Crippen molar-refractivity contribution in [1.29, 1.82) is 0 Å². The van der Waals surface area contributed by atoms with Gasteiger partial charge in [-0.1, -0.05) is 36.4 Å². The van der Waals surface area contributed by atoms with Crippen molar-refractivity contribution in [3.63, 3.8) is 0 Å². The summed E-state index contributed by atoms with van der Waals surface area (Å²) < 4.78 is 0. The highest BCUT2D eigenvalue weighted by Crippen LogP contribution is 2.24. The van der Waals surface area contributed by atoms with E-state index in [9.17, 15) is 9.59 Å². The number of benzene rings is 1. The second kappa shape index (κ2) is 7.47. The predicted molar refractivity (Wildman–Crippen MR) is 105 cm³/mol. The van der Waals surface area contributed by atoms with Crippen LogP contribution < -0.4 is 16.4 Å². The number of guanidine groups is 1. The Kier molecular flexibility index (Phi) is 4.87. The van der Waals surface area contributed by atoms with Gasteiger partial charge in [0.15, 0.2) is 5.96 Å². The molecule has 3 aliphatic rings. The number of nitrogens with two attached hydrogens (primary N) is 1. The van der Waals surface area contributed by atoms with E-state index in [1.54, 1.807) is 4.90 Å². The zero-order valence-corrected chi connectivity index (χ0v) is 15.7. The number of amides is 2. The van der Waals surface area contributed by atoms with Crippen LogP contribution in [0.25, 0.3) is 0 Å². The molecular weight excluding hydrogens is 356 g/mol. The first-order chi connectivity index (χ1) is 13.5. The van der Waals surface area contributed by atoms with Gasteiger partial charge in [-0.05, 0) is 18.9 Å². The third kappa shape index (κ3) is 3.50. The Morgan fingerprint density at radius 1 is 1.32 bits per heavy atom. The monoisotopic (exact) mass is 380 g/mol. The molecule has 3 aliphatic heterocycles. The minimum absolute atomic E-state index is 0.0783. The summed E-state index contributed by atoms with van der Waals surface area (Å²) in [5, 5.41) is 5.73. The van der Waals surface area contributed by atoms with Crippen molar-refractivity contribution in [3.8, 4) is 0 Å². The van der Waals surface area contributed by atoms with Crippen LogP contribution in [-0.4, -0.2) is 52.4 Å². The van der Waals surface area contributed by atoms with Gasteiger partial charge in [-0.3, -0.25) is 20.2 Å². The van der Waals surface area contributed by atoms with Crippen molar-refractivity contribution in [2.45, 2.75) is 38.1 Å². The number of hydrogen-bond acceptors (Lipinski definition) is 6. The summed E-state index contributed by atoms with van der Waals surface area (Å²) in [6.45, 7) is 3.16. The fourth-order valence-corrected chi connectivity index (χ4v) is 3.83. The Bertz CT molecular complexity index is 863. The molecule has 4 N–H and O–H groups in total. The molecule has 0 spiro atoms. The predicted octanol–water partition coefficient (Wildman–Crippen LogP) is 0.249. The molecule has 0 bridgehead atoms. The molecule has 0 saturated carbocycles. The van der Waals surface area contributed by atoms with Gasteiger partial charge in [-0.15, -0.1) is 0 Å². The van der Waals surface area contributed by atoms with Gasteiger partial charge in [0.05, 0.1) is 0 Å². The third-order valence-electron chi connectivity index (χ3n) is 5.17. The summed E-state index contributed by atoms with van der Waals surface area (Å²) in [6.07, 6.45) is 5.83. The zero-order valence-electron chi connectivity index (χ0n) is 15.7. The molecule has 0 aromatic heterocycles. The maximum atomic E-state index is 13.4. The highest BCUT2D eigenvalue weighted by molar-refractivity contribution is 6.04. The molecule has 28 heavy (non-hydrogen) atoms. The SMILES string of the molecule is CC1CNC2N=C(N)NC(=O)C2N1C(=O)C1=CN(Cc2ccccc2)C=CC1. The number of allylic oxidation sites excluding steroid dienone is 1. The zero-order chi connectivity index (χ0) is 19.7. The summed E-state index contributed by atoms with van der Waals surface area (Å²) in [6, 6.07) is 9.23. The van der Waals surface area contributed by atoms with Crippen molar-refractivity contribution in [2.75, 3.05) is 6.54 Å². The summed E-state index contributed by atoms with van der Waals surface area (Å²) in [5.74, 6) is -0.371. The molecule has 146 valence electrons. The smallest absolute Gasteiger partial charge is 0.253 e. The van der Waals surface area contributed by atoms with E-state index in [0.29, 0.717) is 25.1 Å². The highest BCUT2D eigenvalue weighted by atomic mass is 16.2. The van der Waals surface area contributed by atoms with Crippen molar-refractivity contribution < 1.29 is 9.59 Å². The molecule has 3 atom stereocenters. The Labute approximate surface area is 163 Å². The lowest BCUT2D eigenvalue weighted by atomic mass is 10.00. The Morgan fingerprint density at radius 2 is 2.11 bits per heavy atom. The summed E-state index contributed by atoms with van der Waals surface area (Å²) in [7, 11) is 0. The standard InChI is InChI=1S/C20H24N6O2/c1-13-10-22-17-16(18(27)24-20(21)23-17)26(13)19(28)15-8-5-9-25(12-15)11-14-6-3-2-4-7-14/h2-7,9,12-13,16-17,22H,8,10-11H2,1H3,(H3,21,23,24,27). The maximum Gasteiger partial charge on any atom is 0.253 e. The van der Waals surface area contributed by atoms with Crippen molar-refractivity contribution in [2.24, 2.45) is 10.7 Å². The van der Waals surface area contributed by atoms with Crippen LogP contribution in [0, 0.1) is 0 Å². The lowest BCUT2D eigenvalue weighted by Gasteiger charge is -2.45. The number of carbonyl (C=O) groups excluding carboxylic acids is 2. The topological polar surface area (TPSA) is 103 Å². The van der Waals surface area contributed by atoms with Crippen LogP contribution in [0.1, 0.15) is 18.9 Å². The first-order valence-corrected chi connectivity index (χ1v) is 9.40. The van der Waals surface area contributed by atoms with Gasteiger partial charge >= 0.3 is 0 Å². The van der Waals surface area contributed by atoms with Crippen LogP contribution in [0.3, 0.4) is 0 Å². The fraction of sp³-hybridized carbons (Fsp3) is 0.350. The quantitative estimate of drug-likeness (QED) is 0.698. The molecule has 8 nitrogen and oxygen atoms in total.